The van der Waals surface area contributed by atoms with Gasteiger partial charge in [0.1, 0.15) is 0 Å². The molecule has 1 nitrogen and oxygen atoms in total. The summed E-state index contributed by atoms with van der Waals surface area (Å²) in [6.07, 6.45) is 0. The maximum atomic E-state index is 2.52. The van der Waals surface area contributed by atoms with Crippen LogP contribution in [-0.2, 0) is 5.41 Å². The summed E-state index contributed by atoms with van der Waals surface area (Å²) in [6.45, 7) is 0. The van der Waals surface area contributed by atoms with Gasteiger partial charge in [0.2, 0.25) is 0 Å². The second kappa shape index (κ2) is 9.25. The molecule has 1 atom stereocenters. The van der Waals surface area contributed by atoms with Gasteiger partial charge >= 0.3 is 0 Å². The highest BCUT2D eigenvalue weighted by molar-refractivity contribution is 7.99. The quantitative estimate of drug-likeness (QED) is 0.167. The van der Waals surface area contributed by atoms with Crippen LogP contribution in [0.1, 0.15) is 22.3 Å². The molecule has 47 heavy (non-hydrogen) atoms. The van der Waals surface area contributed by atoms with Gasteiger partial charge in [0.25, 0.3) is 0 Å². The number of aromatic nitrogens is 1. The highest BCUT2D eigenvalue weighted by Crippen LogP contribution is 2.61. The largest absolute Gasteiger partial charge is 0.309 e. The van der Waals surface area contributed by atoms with Gasteiger partial charge in [-0.15, -0.1) is 0 Å². The third kappa shape index (κ3) is 3.21. The molecule has 0 saturated heterocycles. The standard InChI is InChI=1S/C45H27NS/c1-2-13-30-28(12-1)26-35(32-15-4-3-14-31(30)32)29-24-25-43-39(27-29)45(37-19-7-10-23-42(37)47-43)36-18-6-9-22-41(36)46-40-21-8-5-16-33(40)34-17-11-20-38(45)44(34)46/h1-27H. The highest BCUT2D eigenvalue weighted by atomic mass is 32.2. The van der Waals surface area contributed by atoms with Gasteiger partial charge < -0.3 is 4.57 Å². The molecular formula is C45H27NS. The number of nitrogens with zero attached hydrogens (tertiary/aromatic N) is 1. The van der Waals surface area contributed by atoms with Crippen molar-refractivity contribution in [1.82, 2.24) is 4.57 Å². The van der Waals surface area contributed by atoms with Crippen molar-refractivity contribution in [2.75, 3.05) is 0 Å². The van der Waals surface area contributed by atoms with E-state index in [4.69, 9.17) is 0 Å². The zero-order chi connectivity index (χ0) is 30.7. The van der Waals surface area contributed by atoms with Crippen molar-refractivity contribution < 1.29 is 0 Å². The van der Waals surface area contributed by atoms with Crippen LogP contribution in [0.2, 0.25) is 0 Å². The van der Waals surface area contributed by atoms with Crippen molar-refractivity contribution in [3.05, 3.63) is 186 Å². The molecule has 9 aromatic rings. The molecule has 1 aromatic heterocycles. The smallest absolute Gasteiger partial charge is 0.0764 e. The molecule has 2 aliphatic rings. The fourth-order valence-electron chi connectivity index (χ4n) is 8.78. The zero-order valence-corrected chi connectivity index (χ0v) is 26.3. The van der Waals surface area contributed by atoms with Gasteiger partial charge in [-0.3, -0.25) is 0 Å². The molecule has 3 heterocycles. The molecule has 0 fully saturated rings. The van der Waals surface area contributed by atoms with Crippen molar-refractivity contribution >= 4 is 55.1 Å². The van der Waals surface area contributed by atoms with Gasteiger partial charge in [-0.25, -0.2) is 0 Å². The van der Waals surface area contributed by atoms with Gasteiger partial charge in [0.05, 0.1) is 22.1 Å². The molecule has 1 unspecified atom stereocenters. The van der Waals surface area contributed by atoms with E-state index in [1.807, 2.05) is 11.8 Å². The molecule has 0 amide bonds. The first kappa shape index (κ1) is 25.6. The summed E-state index contributed by atoms with van der Waals surface area (Å²) in [5.74, 6) is 0. The van der Waals surface area contributed by atoms with Crippen LogP contribution >= 0.6 is 11.8 Å². The highest BCUT2D eigenvalue weighted by Gasteiger charge is 2.49. The van der Waals surface area contributed by atoms with E-state index < -0.39 is 5.41 Å². The Labute approximate surface area is 276 Å². The molecular weight excluding hydrogens is 587 g/mol. The summed E-state index contributed by atoms with van der Waals surface area (Å²) in [7, 11) is 0. The van der Waals surface area contributed by atoms with E-state index in [1.54, 1.807) is 0 Å². The maximum absolute atomic E-state index is 2.52. The van der Waals surface area contributed by atoms with Crippen LogP contribution < -0.4 is 0 Å². The van der Waals surface area contributed by atoms with Crippen LogP contribution in [0.3, 0.4) is 0 Å². The van der Waals surface area contributed by atoms with Gasteiger partial charge in [0, 0.05) is 20.6 Å². The molecule has 8 aromatic carbocycles. The van der Waals surface area contributed by atoms with E-state index in [-0.39, 0.29) is 0 Å². The molecule has 0 aliphatic carbocycles. The minimum Gasteiger partial charge on any atom is -0.309 e. The van der Waals surface area contributed by atoms with Crippen LogP contribution in [0.4, 0.5) is 0 Å². The Hall–Kier alpha value is -5.57. The molecule has 0 radical (unpaired) electrons. The minimum absolute atomic E-state index is 0.486. The number of rotatable bonds is 1. The third-order valence-electron chi connectivity index (χ3n) is 10.6. The SMILES string of the molecule is c1ccc2c(c1)Sc1ccc(-c3cc4ccccc4c4ccccc34)cc1C21c2ccccc2-n2c3ccccc3c3cccc1c32. The lowest BCUT2D eigenvalue weighted by Gasteiger charge is -2.45. The van der Waals surface area contributed by atoms with Gasteiger partial charge in [0.15, 0.2) is 0 Å². The Morgan fingerprint density at radius 3 is 2.00 bits per heavy atom. The Kier molecular flexibility index (Phi) is 5.04. The molecule has 2 aliphatic heterocycles. The van der Waals surface area contributed by atoms with E-state index in [0.717, 1.165) is 0 Å². The van der Waals surface area contributed by atoms with E-state index in [9.17, 15) is 0 Å². The van der Waals surface area contributed by atoms with Crippen molar-refractivity contribution in [3.63, 3.8) is 0 Å². The predicted molar refractivity (Wildman–Crippen MR) is 197 cm³/mol. The Balaban J connectivity index is 1.31. The van der Waals surface area contributed by atoms with Crippen LogP contribution in [0.15, 0.2) is 174 Å². The van der Waals surface area contributed by atoms with Gasteiger partial charge in [-0.05, 0) is 91.3 Å². The van der Waals surface area contributed by atoms with E-state index in [1.165, 1.54) is 92.2 Å². The number of fused-ring (bicyclic) bond motifs is 14. The van der Waals surface area contributed by atoms with Crippen LogP contribution in [0.25, 0.3) is 60.2 Å². The fraction of sp³-hybridized carbons (Fsp3) is 0.0222. The van der Waals surface area contributed by atoms with Crippen molar-refractivity contribution in [1.29, 1.82) is 0 Å². The number of para-hydroxylation sites is 3. The lowest BCUT2D eigenvalue weighted by molar-refractivity contribution is 0.690. The Morgan fingerprint density at radius 1 is 0.426 bits per heavy atom. The second-order valence-electron chi connectivity index (χ2n) is 12.8. The monoisotopic (exact) mass is 613 g/mol. The first-order valence-electron chi connectivity index (χ1n) is 16.3. The third-order valence-corrected chi connectivity index (χ3v) is 11.8. The maximum Gasteiger partial charge on any atom is 0.0764 e. The average Bonchev–Trinajstić information content (AvgIpc) is 3.48. The average molecular weight is 614 g/mol. The van der Waals surface area contributed by atoms with E-state index in [2.05, 4.69) is 168 Å². The Morgan fingerprint density at radius 2 is 1.09 bits per heavy atom. The summed E-state index contributed by atoms with van der Waals surface area (Å²) < 4.78 is 2.52. The molecule has 0 N–H and O–H groups in total. The minimum atomic E-state index is -0.486. The second-order valence-corrected chi connectivity index (χ2v) is 13.9. The van der Waals surface area contributed by atoms with Crippen molar-refractivity contribution in [2.45, 2.75) is 15.2 Å². The molecule has 11 rings (SSSR count). The predicted octanol–water partition coefficient (Wildman–Crippen LogP) is 11.9. The summed E-state index contributed by atoms with van der Waals surface area (Å²) in [4.78, 5) is 2.63. The van der Waals surface area contributed by atoms with E-state index in [0.29, 0.717) is 0 Å². The first-order chi connectivity index (χ1) is 23.3. The molecule has 0 saturated carbocycles. The molecule has 218 valence electrons. The molecule has 1 spiro atoms. The lowest BCUT2D eigenvalue weighted by atomic mass is 9.62. The molecule has 2 heteroatoms. The normalized spacial score (nSPS) is 16.1. The summed E-state index contributed by atoms with van der Waals surface area (Å²) >= 11 is 1.90. The van der Waals surface area contributed by atoms with E-state index >= 15 is 0 Å². The Bertz CT molecular complexity index is 2790. The number of benzene rings is 8. The van der Waals surface area contributed by atoms with Gasteiger partial charge in [-0.1, -0.05) is 139 Å². The number of hydrogen-bond acceptors (Lipinski definition) is 1. The zero-order valence-electron chi connectivity index (χ0n) is 25.4. The molecule has 0 bridgehead atoms. The lowest BCUT2D eigenvalue weighted by Crippen LogP contribution is -2.37. The van der Waals surface area contributed by atoms with Crippen LogP contribution in [-0.4, -0.2) is 4.57 Å². The first-order valence-corrected chi connectivity index (χ1v) is 17.1. The number of hydrogen-bond donors (Lipinski definition) is 0. The van der Waals surface area contributed by atoms with Gasteiger partial charge in [-0.2, -0.15) is 0 Å². The summed E-state index contributed by atoms with van der Waals surface area (Å²) in [5.41, 5.74) is 11.2. The topological polar surface area (TPSA) is 4.93 Å². The van der Waals surface area contributed by atoms with Crippen molar-refractivity contribution in [3.8, 4) is 16.8 Å². The summed E-state index contributed by atoms with van der Waals surface area (Å²) in [5, 5.41) is 7.75. The van der Waals surface area contributed by atoms with Crippen LogP contribution in [0.5, 0.6) is 0 Å². The summed E-state index contributed by atoms with van der Waals surface area (Å²) in [6, 6.07) is 61.4. The van der Waals surface area contributed by atoms with Crippen LogP contribution in [0, 0.1) is 0 Å². The van der Waals surface area contributed by atoms with Crippen molar-refractivity contribution in [2.24, 2.45) is 0 Å². The fourth-order valence-corrected chi connectivity index (χ4v) is 9.96.